The van der Waals surface area contributed by atoms with Crippen LogP contribution >= 0.6 is 0 Å². The van der Waals surface area contributed by atoms with E-state index in [1.807, 2.05) is 67.0 Å². The van der Waals surface area contributed by atoms with E-state index in [1.54, 1.807) is 18.2 Å². The highest BCUT2D eigenvalue weighted by Crippen LogP contribution is 2.41. The van der Waals surface area contributed by atoms with E-state index in [4.69, 9.17) is 4.42 Å². The number of fused-ring (bicyclic) bond motifs is 1. The van der Waals surface area contributed by atoms with Crippen molar-refractivity contribution in [2.45, 2.75) is 64.8 Å². The summed E-state index contributed by atoms with van der Waals surface area (Å²) in [5.41, 5.74) is 6.36. The number of oxazole rings is 1. The van der Waals surface area contributed by atoms with Crippen LogP contribution in [0, 0.1) is 17.8 Å². The van der Waals surface area contributed by atoms with E-state index in [-0.39, 0.29) is 6.54 Å². The highest BCUT2D eigenvalue weighted by molar-refractivity contribution is 5.98. The van der Waals surface area contributed by atoms with Gasteiger partial charge in [0.1, 0.15) is 12.1 Å². The summed E-state index contributed by atoms with van der Waals surface area (Å²) in [7, 11) is 0. The normalized spacial score (nSPS) is 19.4. The Labute approximate surface area is 286 Å². The summed E-state index contributed by atoms with van der Waals surface area (Å²) in [4.78, 5) is 40.6. The van der Waals surface area contributed by atoms with Gasteiger partial charge in [0.25, 0.3) is 5.91 Å². The molecule has 7 rings (SSSR count). The monoisotopic (exact) mass is 654 g/mol. The molecule has 1 unspecified atom stereocenters. The zero-order valence-corrected chi connectivity index (χ0v) is 27.9. The van der Waals surface area contributed by atoms with Crippen LogP contribution in [0.4, 0.5) is 0 Å². The molecule has 2 aliphatic carbocycles. The third-order valence-electron chi connectivity index (χ3n) is 10.5. The lowest BCUT2D eigenvalue weighted by molar-refractivity contribution is -0.137. The number of aromatic nitrogens is 3. The number of hydrogen-bond acceptors (Lipinski definition) is 6. The number of rotatable bonds is 10. The quantitative estimate of drug-likeness (QED) is 0.160. The first-order chi connectivity index (χ1) is 23.9. The maximum atomic E-state index is 13.6. The van der Waals surface area contributed by atoms with Crippen LogP contribution in [-0.4, -0.2) is 43.4 Å². The Morgan fingerprint density at radius 2 is 1.61 bits per heavy atom. The van der Waals surface area contributed by atoms with Crippen LogP contribution in [0.3, 0.4) is 0 Å². The predicted molar refractivity (Wildman–Crippen MR) is 190 cm³/mol. The molecule has 0 bridgehead atoms. The number of hydrogen-bond donors (Lipinski definition) is 1. The lowest BCUT2D eigenvalue weighted by Crippen LogP contribution is -2.35. The lowest BCUT2D eigenvalue weighted by atomic mass is 9.71. The molecule has 0 saturated heterocycles. The average molecular weight is 655 g/mol. The second kappa shape index (κ2) is 14.6. The summed E-state index contributed by atoms with van der Waals surface area (Å²) >= 11 is 0. The zero-order valence-electron chi connectivity index (χ0n) is 27.9. The minimum atomic E-state index is -1.09. The van der Waals surface area contributed by atoms with Crippen molar-refractivity contribution in [3.63, 3.8) is 0 Å². The highest BCUT2D eigenvalue weighted by atomic mass is 16.4. The summed E-state index contributed by atoms with van der Waals surface area (Å²) in [5.74, 6) is 2.24. The van der Waals surface area contributed by atoms with Crippen LogP contribution in [0.1, 0.15) is 79.8 Å². The molecule has 250 valence electrons. The van der Waals surface area contributed by atoms with Crippen molar-refractivity contribution in [2.24, 2.45) is 17.8 Å². The molecule has 2 heterocycles. The number of carbonyl (C=O) groups excluding carboxylic acids is 1. The number of nitrogens with zero attached hydrogens (tertiary/aromatic N) is 4. The van der Waals surface area contributed by atoms with E-state index in [1.165, 1.54) is 49.0 Å². The Hall–Kier alpha value is -5.11. The average Bonchev–Trinajstić information content (AvgIpc) is 3.59. The van der Waals surface area contributed by atoms with Gasteiger partial charge in [0.2, 0.25) is 5.89 Å². The molecule has 1 saturated carbocycles. The van der Waals surface area contributed by atoms with E-state index in [0.717, 1.165) is 52.8 Å². The minimum Gasteiger partial charge on any atom is -0.480 e. The Morgan fingerprint density at radius 3 is 2.29 bits per heavy atom. The van der Waals surface area contributed by atoms with Gasteiger partial charge in [0.05, 0.1) is 0 Å². The number of carboxylic acids is 1. The second-order valence-electron chi connectivity index (χ2n) is 13.6. The number of carboxylic acid groups (broad SMARTS) is 1. The Morgan fingerprint density at radius 1 is 0.857 bits per heavy atom. The van der Waals surface area contributed by atoms with Gasteiger partial charge < -0.3 is 14.4 Å². The largest absolute Gasteiger partial charge is 0.480 e. The Balaban J connectivity index is 0.996. The third-order valence-corrected chi connectivity index (χ3v) is 10.5. The van der Waals surface area contributed by atoms with Gasteiger partial charge in [0.15, 0.2) is 11.4 Å². The zero-order chi connectivity index (χ0) is 33.7. The highest BCUT2D eigenvalue weighted by Gasteiger charge is 2.28. The number of carbonyl (C=O) groups is 2. The van der Waals surface area contributed by atoms with Crippen LogP contribution in [0.2, 0.25) is 0 Å². The topological polar surface area (TPSA) is 109 Å². The van der Waals surface area contributed by atoms with E-state index in [0.29, 0.717) is 28.4 Å². The maximum Gasteiger partial charge on any atom is 0.323 e. The third kappa shape index (κ3) is 7.48. The molecule has 3 aromatic carbocycles. The van der Waals surface area contributed by atoms with Crippen molar-refractivity contribution in [3.8, 4) is 22.8 Å². The van der Waals surface area contributed by atoms with Crippen molar-refractivity contribution >= 4 is 28.5 Å². The van der Waals surface area contributed by atoms with E-state index in [2.05, 4.69) is 28.0 Å². The lowest BCUT2D eigenvalue weighted by Gasteiger charge is -2.35. The first-order valence-corrected chi connectivity index (χ1v) is 17.5. The molecule has 2 aliphatic rings. The van der Waals surface area contributed by atoms with Crippen molar-refractivity contribution in [1.29, 1.82) is 0 Å². The van der Waals surface area contributed by atoms with Crippen molar-refractivity contribution < 1.29 is 19.1 Å². The van der Waals surface area contributed by atoms with Gasteiger partial charge in [-0.15, -0.1) is 0 Å². The van der Waals surface area contributed by atoms with E-state index >= 15 is 0 Å². The first-order valence-electron chi connectivity index (χ1n) is 17.5. The number of amides is 1. The molecule has 0 aliphatic heterocycles. The van der Waals surface area contributed by atoms with Crippen molar-refractivity contribution in [1.82, 2.24) is 19.9 Å². The number of benzene rings is 3. The molecule has 1 atom stereocenters. The summed E-state index contributed by atoms with van der Waals surface area (Å²) in [6, 6.07) is 22.1. The first kappa shape index (κ1) is 32.4. The fourth-order valence-electron chi connectivity index (χ4n) is 7.55. The Bertz CT molecular complexity index is 1940. The second-order valence-corrected chi connectivity index (χ2v) is 13.6. The van der Waals surface area contributed by atoms with E-state index in [9.17, 15) is 14.7 Å². The SMILES string of the molecule is CC[C@H]1CC[C@H](C2CC=C(c3cnc(-c4ccc(CN(CC(=O)O)C(=O)c5ccc6oc(-c7ccccc7)nc6c5)cc4)nc3)CC2)CC1. The summed E-state index contributed by atoms with van der Waals surface area (Å²) in [6.07, 6.45) is 16.7. The number of allylic oxidation sites excluding steroid dienone is 2. The van der Waals surface area contributed by atoms with Crippen LogP contribution < -0.4 is 0 Å². The molecule has 49 heavy (non-hydrogen) atoms. The molecular weight excluding hydrogens is 612 g/mol. The minimum absolute atomic E-state index is 0.131. The molecule has 1 N–H and O–H groups in total. The van der Waals surface area contributed by atoms with Gasteiger partial charge in [-0.1, -0.05) is 74.7 Å². The van der Waals surface area contributed by atoms with Crippen LogP contribution in [0.5, 0.6) is 0 Å². The molecule has 1 amide bonds. The summed E-state index contributed by atoms with van der Waals surface area (Å²) < 4.78 is 5.88. The molecule has 1 fully saturated rings. The van der Waals surface area contributed by atoms with Gasteiger partial charge in [-0.05, 0) is 91.3 Å². The van der Waals surface area contributed by atoms with Gasteiger partial charge in [-0.3, -0.25) is 9.59 Å². The molecule has 8 heteroatoms. The molecule has 5 aromatic rings. The van der Waals surface area contributed by atoms with E-state index < -0.39 is 18.4 Å². The molecular formula is C41H42N4O4. The number of aliphatic carboxylic acids is 1. The predicted octanol–water partition coefficient (Wildman–Crippen LogP) is 9.08. The molecule has 2 aromatic heterocycles. The fraction of sp³-hybridized carbons (Fsp3) is 0.341. The van der Waals surface area contributed by atoms with Gasteiger partial charge in [-0.2, -0.15) is 0 Å². The van der Waals surface area contributed by atoms with Crippen molar-refractivity contribution in [2.75, 3.05) is 6.54 Å². The summed E-state index contributed by atoms with van der Waals surface area (Å²) in [6.45, 7) is 2.02. The Kier molecular flexibility index (Phi) is 9.64. The van der Waals surface area contributed by atoms with Gasteiger partial charge in [0, 0.05) is 41.2 Å². The summed E-state index contributed by atoms with van der Waals surface area (Å²) in [5, 5.41) is 9.62. The maximum absolute atomic E-state index is 13.6. The smallest absolute Gasteiger partial charge is 0.323 e. The van der Waals surface area contributed by atoms with Crippen LogP contribution in [-0.2, 0) is 11.3 Å². The van der Waals surface area contributed by atoms with Crippen molar-refractivity contribution in [3.05, 3.63) is 108 Å². The van der Waals surface area contributed by atoms with Gasteiger partial charge in [-0.25, -0.2) is 15.0 Å². The molecule has 8 nitrogen and oxygen atoms in total. The fourth-order valence-corrected chi connectivity index (χ4v) is 7.55. The molecule has 0 radical (unpaired) electrons. The van der Waals surface area contributed by atoms with Crippen LogP contribution in [0.15, 0.2) is 95.7 Å². The van der Waals surface area contributed by atoms with Gasteiger partial charge >= 0.3 is 5.97 Å². The molecule has 0 spiro atoms. The standard InChI is InChI=1S/C41H42N4O4/c1-2-27-8-12-29(13-9-27)30-16-18-31(19-17-30)35-23-42-39(43-24-35)32-14-10-28(11-15-32)25-45(26-38(46)47)41(48)34-20-21-37-36(22-34)44-40(49-37)33-6-4-3-5-7-33/h3-7,10-11,14-15,18,20-24,27,29-30H,2,8-9,12-13,16-17,19,25-26H2,1H3,(H,46,47)/t27-,29-,30?. The van der Waals surface area contributed by atoms with Crippen LogP contribution in [0.25, 0.3) is 39.5 Å².